The van der Waals surface area contributed by atoms with E-state index in [1.807, 2.05) is 37.3 Å². The predicted octanol–water partition coefficient (Wildman–Crippen LogP) is 2.48. The van der Waals surface area contributed by atoms with Gasteiger partial charge in [0.05, 0.1) is 26.5 Å². The molecule has 2 N–H and O–H groups in total. The second-order valence-corrected chi connectivity index (χ2v) is 7.04. The van der Waals surface area contributed by atoms with Crippen molar-refractivity contribution in [3.8, 4) is 11.5 Å². The van der Waals surface area contributed by atoms with Crippen LogP contribution in [0.5, 0.6) is 11.5 Å². The number of hydrogen-bond acceptors (Lipinski definition) is 5. The molecule has 2 amide bonds. The van der Waals surface area contributed by atoms with Crippen molar-refractivity contribution in [2.24, 2.45) is 0 Å². The van der Waals surface area contributed by atoms with Gasteiger partial charge in [0, 0.05) is 37.9 Å². The van der Waals surface area contributed by atoms with Crippen molar-refractivity contribution in [2.45, 2.75) is 32.5 Å². The lowest BCUT2D eigenvalue weighted by Crippen LogP contribution is -2.43. The molecule has 3 rings (SSSR count). The topological polar surface area (TPSA) is 75.7 Å². The lowest BCUT2D eigenvalue weighted by atomic mass is 10.2. The fraction of sp³-hybridized carbons (Fsp3) is 0.429. The van der Waals surface area contributed by atoms with Crippen LogP contribution >= 0.6 is 0 Å². The Morgan fingerprint density at radius 3 is 2.68 bits per heavy atom. The van der Waals surface area contributed by atoms with Gasteiger partial charge in [0.25, 0.3) is 0 Å². The highest BCUT2D eigenvalue weighted by molar-refractivity contribution is 5.74. The number of benzene rings is 1. The Hall–Kier alpha value is -2.80. The zero-order valence-electron chi connectivity index (χ0n) is 16.7. The summed E-state index contributed by atoms with van der Waals surface area (Å²) >= 11 is 0. The summed E-state index contributed by atoms with van der Waals surface area (Å²) in [5.74, 6) is 1.57. The van der Waals surface area contributed by atoms with Crippen LogP contribution in [0.4, 0.5) is 4.79 Å². The molecule has 0 saturated carbocycles. The summed E-state index contributed by atoms with van der Waals surface area (Å²) in [5.41, 5.74) is 3.09. The number of carbonyl (C=O) groups excluding carboxylic acids is 1. The molecule has 0 spiro atoms. The van der Waals surface area contributed by atoms with Crippen molar-refractivity contribution in [1.82, 2.24) is 20.5 Å². The molecule has 1 atom stereocenters. The van der Waals surface area contributed by atoms with Gasteiger partial charge < -0.3 is 20.1 Å². The van der Waals surface area contributed by atoms with Gasteiger partial charge in [0.2, 0.25) is 0 Å². The van der Waals surface area contributed by atoms with E-state index in [1.165, 1.54) is 0 Å². The van der Waals surface area contributed by atoms with E-state index in [-0.39, 0.29) is 12.1 Å². The monoisotopic (exact) mass is 384 g/mol. The van der Waals surface area contributed by atoms with Gasteiger partial charge in [0.15, 0.2) is 0 Å². The first-order valence-electron chi connectivity index (χ1n) is 9.46. The van der Waals surface area contributed by atoms with Crippen molar-refractivity contribution >= 4 is 6.03 Å². The number of likely N-dealkylation sites (tertiary alicyclic amines) is 1. The Bertz CT molecular complexity index is 790. The van der Waals surface area contributed by atoms with E-state index in [4.69, 9.17) is 9.47 Å². The summed E-state index contributed by atoms with van der Waals surface area (Å²) < 4.78 is 10.7. The van der Waals surface area contributed by atoms with E-state index >= 15 is 0 Å². The molecule has 28 heavy (non-hydrogen) atoms. The fourth-order valence-corrected chi connectivity index (χ4v) is 3.41. The summed E-state index contributed by atoms with van der Waals surface area (Å²) in [4.78, 5) is 18.8. The molecule has 1 fully saturated rings. The number of carbonyl (C=O) groups is 1. The second kappa shape index (κ2) is 9.41. The normalized spacial score (nSPS) is 16.6. The maximum absolute atomic E-state index is 12.2. The molecule has 1 aliphatic rings. The smallest absolute Gasteiger partial charge is 0.315 e. The van der Waals surface area contributed by atoms with Crippen LogP contribution < -0.4 is 20.1 Å². The van der Waals surface area contributed by atoms with Gasteiger partial charge in [-0.05, 0) is 42.7 Å². The number of hydrogen-bond donors (Lipinski definition) is 2. The molecule has 2 aromatic rings. The number of rotatable bonds is 7. The second-order valence-electron chi connectivity index (χ2n) is 7.04. The van der Waals surface area contributed by atoms with Crippen LogP contribution in [-0.2, 0) is 13.1 Å². The van der Waals surface area contributed by atoms with Crippen LogP contribution in [0, 0.1) is 6.92 Å². The molecule has 0 radical (unpaired) electrons. The molecule has 0 aliphatic carbocycles. The number of nitrogens with one attached hydrogen (secondary N) is 2. The van der Waals surface area contributed by atoms with Crippen molar-refractivity contribution in [1.29, 1.82) is 0 Å². The summed E-state index contributed by atoms with van der Waals surface area (Å²) in [6, 6.07) is 9.77. The van der Waals surface area contributed by atoms with Crippen LogP contribution in [-0.4, -0.2) is 49.3 Å². The molecule has 1 saturated heterocycles. The molecule has 150 valence electrons. The summed E-state index contributed by atoms with van der Waals surface area (Å²) in [6.07, 6.45) is 2.67. The highest BCUT2D eigenvalue weighted by Gasteiger charge is 2.24. The van der Waals surface area contributed by atoms with Crippen LogP contribution in [0.15, 0.2) is 36.5 Å². The van der Waals surface area contributed by atoms with Gasteiger partial charge in [-0.15, -0.1) is 0 Å². The van der Waals surface area contributed by atoms with E-state index in [0.29, 0.717) is 6.54 Å². The maximum atomic E-state index is 12.2. The molecule has 1 unspecified atom stereocenters. The van der Waals surface area contributed by atoms with Gasteiger partial charge in [-0.25, -0.2) is 4.79 Å². The summed E-state index contributed by atoms with van der Waals surface area (Å²) in [7, 11) is 3.30. The van der Waals surface area contributed by atoms with Crippen LogP contribution in [0.25, 0.3) is 0 Å². The molecule has 7 nitrogen and oxygen atoms in total. The predicted molar refractivity (Wildman–Crippen MR) is 108 cm³/mol. The number of methoxy groups -OCH3 is 2. The lowest BCUT2D eigenvalue weighted by molar-refractivity contribution is 0.235. The number of pyridine rings is 1. The van der Waals surface area contributed by atoms with Crippen LogP contribution in [0.2, 0.25) is 0 Å². The average Bonchev–Trinajstić information content (AvgIpc) is 3.13. The third-order valence-electron chi connectivity index (χ3n) is 4.96. The molecule has 2 heterocycles. The third-order valence-corrected chi connectivity index (χ3v) is 4.96. The van der Waals surface area contributed by atoms with Crippen LogP contribution in [0.1, 0.15) is 23.2 Å². The standard InChI is InChI=1S/C21H28N4O3/c1-15-5-4-7-22-20(15)12-23-21(26)24-17-6-8-25(14-17)13-16-9-18(27-2)11-19(10-16)28-3/h4-5,7,9-11,17H,6,8,12-14H2,1-3H3,(H2,23,24,26). The number of nitrogens with zero attached hydrogens (tertiary/aromatic N) is 2. The van der Waals surface area contributed by atoms with E-state index in [2.05, 4.69) is 20.5 Å². The fourth-order valence-electron chi connectivity index (χ4n) is 3.41. The Labute approximate surface area is 166 Å². The first kappa shape index (κ1) is 19.9. The van der Waals surface area contributed by atoms with Gasteiger partial charge in [-0.3, -0.25) is 9.88 Å². The molecule has 7 heteroatoms. The first-order valence-corrected chi connectivity index (χ1v) is 9.46. The Morgan fingerprint density at radius 1 is 1.25 bits per heavy atom. The van der Waals surface area contributed by atoms with Gasteiger partial charge in [0.1, 0.15) is 11.5 Å². The minimum Gasteiger partial charge on any atom is -0.497 e. The largest absolute Gasteiger partial charge is 0.497 e. The van der Waals surface area contributed by atoms with Crippen molar-refractivity contribution in [3.63, 3.8) is 0 Å². The van der Waals surface area contributed by atoms with E-state index in [0.717, 1.165) is 54.4 Å². The van der Waals surface area contributed by atoms with Crippen molar-refractivity contribution in [3.05, 3.63) is 53.3 Å². The molecule has 1 aromatic heterocycles. The van der Waals surface area contributed by atoms with Crippen molar-refractivity contribution in [2.75, 3.05) is 27.3 Å². The van der Waals surface area contributed by atoms with Crippen LogP contribution in [0.3, 0.4) is 0 Å². The van der Waals surface area contributed by atoms with E-state index in [1.54, 1.807) is 20.4 Å². The van der Waals surface area contributed by atoms with Gasteiger partial charge in [-0.1, -0.05) is 6.07 Å². The number of ether oxygens (including phenoxy) is 2. The number of aryl methyl sites for hydroxylation is 1. The lowest BCUT2D eigenvalue weighted by Gasteiger charge is -2.18. The van der Waals surface area contributed by atoms with Gasteiger partial charge in [-0.2, -0.15) is 0 Å². The van der Waals surface area contributed by atoms with Gasteiger partial charge >= 0.3 is 6.03 Å². The minimum atomic E-state index is -0.153. The zero-order valence-corrected chi connectivity index (χ0v) is 16.7. The quantitative estimate of drug-likeness (QED) is 0.767. The first-order chi connectivity index (χ1) is 13.6. The number of amides is 2. The third kappa shape index (κ3) is 5.36. The zero-order chi connectivity index (χ0) is 19.9. The SMILES string of the molecule is COc1cc(CN2CCC(NC(=O)NCc3ncccc3C)C2)cc(OC)c1. The Kier molecular flexibility index (Phi) is 6.71. The maximum Gasteiger partial charge on any atom is 0.315 e. The Balaban J connectivity index is 1.47. The van der Waals surface area contributed by atoms with E-state index in [9.17, 15) is 4.79 Å². The highest BCUT2D eigenvalue weighted by atomic mass is 16.5. The molecule has 1 aliphatic heterocycles. The summed E-state index contributed by atoms with van der Waals surface area (Å²) in [6.45, 7) is 4.96. The molecular weight excluding hydrogens is 356 g/mol. The van der Waals surface area contributed by atoms with E-state index < -0.39 is 0 Å². The Morgan fingerprint density at radius 2 is 2.00 bits per heavy atom. The van der Waals surface area contributed by atoms with Crippen molar-refractivity contribution < 1.29 is 14.3 Å². The minimum absolute atomic E-state index is 0.136. The molecule has 1 aromatic carbocycles. The number of aromatic nitrogens is 1. The average molecular weight is 384 g/mol. The molecule has 0 bridgehead atoms. The summed E-state index contributed by atoms with van der Waals surface area (Å²) in [5, 5.41) is 5.96. The highest BCUT2D eigenvalue weighted by Crippen LogP contribution is 2.24. The number of urea groups is 1. The molecular formula is C21H28N4O3.